The van der Waals surface area contributed by atoms with E-state index in [1.807, 2.05) is 19.3 Å². The predicted octanol–water partition coefficient (Wildman–Crippen LogP) is 2.01. The van der Waals surface area contributed by atoms with Gasteiger partial charge in [-0.15, -0.1) is 11.8 Å². The van der Waals surface area contributed by atoms with Crippen molar-refractivity contribution in [1.29, 1.82) is 0 Å². The van der Waals surface area contributed by atoms with Gasteiger partial charge in [0.15, 0.2) is 0 Å². The molecule has 62 valence electrons. The average Bonchev–Trinajstić information content (AvgIpc) is 2.35. The van der Waals surface area contributed by atoms with Gasteiger partial charge in [-0.2, -0.15) is 0 Å². The molecular formula is C7H11NO2S. The highest BCUT2D eigenvalue weighted by Gasteiger charge is 2.15. The maximum Gasteiger partial charge on any atom is 0.414 e. The molecule has 1 heterocycles. The second-order valence-electron chi connectivity index (χ2n) is 2.48. The first-order chi connectivity index (χ1) is 5.20. The molecule has 0 spiro atoms. The van der Waals surface area contributed by atoms with Crippen LogP contribution >= 0.6 is 11.8 Å². The van der Waals surface area contributed by atoms with E-state index >= 15 is 0 Å². The summed E-state index contributed by atoms with van der Waals surface area (Å²) >= 11 is 1.58. The van der Waals surface area contributed by atoms with E-state index in [4.69, 9.17) is 4.74 Å². The Morgan fingerprint density at radius 2 is 2.45 bits per heavy atom. The zero-order valence-electron chi connectivity index (χ0n) is 6.61. The van der Waals surface area contributed by atoms with Crippen LogP contribution in [-0.2, 0) is 4.74 Å². The maximum absolute atomic E-state index is 11.1. The summed E-state index contributed by atoms with van der Waals surface area (Å²) in [6.07, 6.45) is 1.43. The van der Waals surface area contributed by atoms with E-state index in [1.54, 1.807) is 22.9 Å². The Hall–Kier alpha value is -0.640. The van der Waals surface area contributed by atoms with Crippen molar-refractivity contribution in [2.75, 3.05) is 5.88 Å². The smallest absolute Gasteiger partial charge is 0.414 e. The van der Waals surface area contributed by atoms with E-state index in [2.05, 4.69) is 0 Å². The third kappa shape index (κ3) is 2.46. The van der Waals surface area contributed by atoms with Crippen molar-refractivity contribution >= 4 is 17.9 Å². The highest BCUT2D eigenvalue weighted by molar-refractivity contribution is 8.02. The molecule has 0 atom stereocenters. The van der Waals surface area contributed by atoms with Gasteiger partial charge in [-0.05, 0) is 19.3 Å². The van der Waals surface area contributed by atoms with Crippen LogP contribution in [0.3, 0.4) is 0 Å². The molecule has 1 rings (SSSR count). The lowest BCUT2D eigenvalue weighted by molar-refractivity contribution is 0.0940. The highest BCUT2D eigenvalue weighted by Crippen LogP contribution is 2.16. The minimum absolute atomic E-state index is 0.0403. The van der Waals surface area contributed by atoms with Crippen LogP contribution in [-0.4, -0.2) is 23.0 Å². The number of hydrogen-bond acceptors (Lipinski definition) is 3. The van der Waals surface area contributed by atoms with Crippen molar-refractivity contribution in [3.8, 4) is 0 Å². The Labute approximate surface area is 70.4 Å². The second kappa shape index (κ2) is 3.67. The number of rotatable bonds is 1. The molecule has 3 nitrogen and oxygen atoms in total. The van der Waals surface area contributed by atoms with E-state index in [0.717, 1.165) is 0 Å². The summed E-state index contributed by atoms with van der Waals surface area (Å²) in [6.45, 7) is 3.68. The number of carbonyl (C=O) groups excluding carboxylic acids is 1. The summed E-state index contributed by atoms with van der Waals surface area (Å²) < 4.78 is 4.96. The minimum Gasteiger partial charge on any atom is -0.446 e. The largest absolute Gasteiger partial charge is 0.446 e. The first-order valence-electron chi connectivity index (χ1n) is 3.45. The molecular weight excluding hydrogens is 162 g/mol. The van der Waals surface area contributed by atoms with Gasteiger partial charge in [-0.3, -0.25) is 4.90 Å². The molecule has 1 aliphatic rings. The number of hydrogen-bond donors (Lipinski definition) is 0. The Morgan fingerprint density at radius 3 is 2.91 bits per heavy atom. The third-order valence-corrected chi connectivity index (χ3v) is 1.86. The number of carbonyl (C=O) groups is 1. The molecule has 0 radical (unpaired) electrons. The maximum atomic E-state index is 11.1. The molecule has 1 amide bonds. The van der Waals surface area contributed by atoms with Crippen molar-refractivity contribution in [1.82, 2.24) is 4.90 Å². The average molecular weight is 173 g/mol. The van der Waals surface area contributed by atoms with Gasteiger partial charge in [-0.1, -0.05) is 0 Å². The number of nitrogens with zero attached hydrogens (tertiary/aromatic N) is 1. The summed E-state index contributed by atoms with van der Waals surface area (Å²) in [4.78, 5) is 12.6. The van der Waals surface area contributed by atoms with Crippen LogP contribution in [0.2, 0.25) is 0 Å². The Kier molecular flexibility index (Phi) is 2.82. The molecule has 0 unspecified atom stereocenters. The zero-order valence-corrected chi connectivity index (χ0v) is 7.43. The molecule has 1 aliphatic heterocycles. The number of ether oxygens (including phenoxy) is 1. The normalized spacial score (nSPS) is 16.1. The predicted molar refractivity (Wildman–Crippen MR) is 45.1 cm³/mol. The molecule has 0 N–H and O–H groups in total. The summed E-state index contributed by atoms with van der Waals surface area (Å²) in [6, 6.07) is 0. The topological polar surface area (TPSA) is 29.5 Å². The van der Waals surface area contributed by atoms with Crippen LogP contribution in [0.15, 0.2) is 11.6 Å². The third-order valence-electron chi connectivity index (χ3n) is 1.12. The zero-order chi connectivity index (χ0) is 8.27. The van der Waals surface area contributed by atoms with Crippen molar-refractivity contribution in [3.05, 3.63) is 11.6 Å². The van der Waals surface area contributed by atoms with Crippen molar-refractivity contribution in [2.45, 2.75) is 20.0 Å². The number of amides is 1. The minimum atomic E-state index is -0.263. The Bertz CT molecular complexity index is 179. The summed E-state index contributed by atoms with van der Waals surface area (Å²) in [7, 11) is 0. The molecule has 0 fully saturated rings. The van der Waals surface area contributed by atoms with Crippen LogP contribution in [0, 0.1) is 0 Å². The quantitative estimate of drug-likeness (QED) is 0.607. The Morgan fingerprint density at radius 1 is 1.73 bits per heavy atom. The van der Waals surface area contributed by atoms with Crippen molar-refractivity contribution in [3.63, 3.8) is 0 Å². The van der Waals surface area contributed by atoms with Gasteiger partial charge >= 0.3 is 6.09 Å². The Balaban J connectivity index is 2.35. The van der Waals surface area contributed by atoms with Crippen LogP contribution in [0.5, 0.6) is 0 Å². The number of thioether (sulfide) groups is 1. The second-order valence-corrected chi connectivity index (χ2v) is 3.35. The molecule has 0 saturated heterocycles. The molecule has 4 heteroatoms. The van der Waals surface area contributed by atoms with Crippen LogP contribution in [0.4, 0.5) is 4.79 Å². The van der Waals surface area contributed by atoms with E-state index in [-0.39, 0.29) is 12.2 Å². The van der Waals surface area contributed by atoms with Gasteiger partial charge in [-0.25, -0.2) is 4.79 Å². The lowest BCUT2D eigenvalue weighted by atomic mass is 10.5. The van der Waals surface area contributed by atoms with Crippen LogP contribution < -0.4 is 0 Å². The summed E-state index contributed by atoms with van der Waals surface area (Å²) in [5.74, 6) is 0.672. The molecule has 0 bridgehead atoms. The van der Waals surface area contributed by atoms with E-state index in [0.29, 0.717) is 5.88 Å². The first kappa shape index (κ1) is 8.46. The van der Waals surface area contributed by atoms with Crippen molar-refractivity contribution < 1.29 is 9.53 Å². The molecule has 0 saturated carbocycles. The van der Waals surface area contributed by atoms with E-state index in [9.17, 15) is 4.79 Å². The van der Waals surface area contributed by atoms with Gasteiger partial charge in [0.25, 0.3) is 0 Å². The highest BCUT2D eigenvalue weighted by atomic mass is 32.2. The van der Waals surface area contributed by atoms with Crippen LogP contribution in [0.1, 0.15) is 13.8 Å². The molecule has 0 aromatic rings. The lowest BCUT2D eigenvalue weighted by Gasteiger charge is -2.14. The summed E-state index contributed by atoms with van der Waals surface area (Å²) in [5.41, 5.74) is 0. The molecule has 0 aromatic heterocycles. The molecule has 0 aromatic carbocycles. The van der Waals surface area contributed by atoms with Crippen LogP contribution in [0.25, 0.3) is 0 Å². The van der Waals surface area contributed by atoms with Gasteiger partial charge in [0.05, 0.1) is 12.0 Å². The standard InChI is InChI=1S/C7H11NO2S/c1-6(2)10-7(9)8-3-4-11-5-8/h3-4,6H,5H2,1-2H3. The van der Waals surface area contributed by atoms with Gasteiger partial charge in [0.1, 0.15) is 0 Å². The monoisotopic (exact) mass is 173 g/mol. The SMILES string of the molecule is CC(C)OC(=O)N1C=CSC1. The fraction of sp³-hybridized carbons (Fsp3) is 0.571. The van der Waals surface area contributed by atoms with Gasteiger partial charge in [0.2, 0.25) is 0 Å². The fourth-order valence-corrected chi connectivity index (χ4v) is 1.34. The fourth-order valence-electron chi connectivity index (χ4n) is 0.666. The van der Waals surface area contributed by atoms with Gasteiger partial charge < -0.3 is 4.74 Å². The summed E-state index contributed by atoms with van der Waals surface area (Å²) in [5, 5.41) is 1.88. The molecule has 11 heavy (non-hydrogen) atoms. The van der Waals surface area contributed by atoms with E-state index in [1.165, 1.54) is 0 Å². The van der Waals surface area contributed by atoms with Gasteiger partial charge in [0, 0.05) is 6.20 Å². The molecule has 0 aliphatic carbocycles. The van der Waals surface area contributed by atoms with Crippen molar-refractivity contribution in [2.24, 2.45) is 0 Å². The lowest BCUT2D eigenvalue weighted by Crippen LogP contribution is -2.26. The van der Waals surface area contributed by atoms with E-state index < -0.39 is 0 Å². The first-order valence-corrected chi connectivity index (χ1v) is 4.50.